The number of aryl methyl sites for hydroxylation is 1. The van der Waals surface area contributed by atoms with Gasteiger partial charge in [0.25, 0.3) is 0 Å². The Morgan fingerprint density at radius 3 is 2.71 bits per heavy atom. The first-order valence-corrected chi connectivity index (χ1v) is 5.53. The van der Waals surface area contributed by atoms with E-state index in [-0.39, 0.29) is 18.4 Å². The molecule has 0 amide bonds. The number of halogens is 1. The molecule has 17 heavy (non-hydrogen) atoms. The van der Waals surface area contributed by atoms with Crippen LogP contribution in [0.25, 0.3) is 10.9 Å². The quantitative estimate of drug-likeness (QED) is 0.830. The van der Waals surface area contributed by atoms with Crippen LogP contribution in [0.2, 0.25) is 0 Å². The van der Waals surface area contributed by atoms with Crippen molar-refractivity contribution in [1.82, 2.24) is 4.57 Å². The van der Waals surface area contributed by atoms with Crippen molar-refractivity contribution in [3.63, 3.8) is 0 Å². The average molecular weight is 251 g/mol. The number of para-hydroxylation sites is 1. The number of nitrogens with zero attached hydrogens (tertiary/aromatic N) is 1. The maximum absolute atomic E-state index is 6.20. The number of aromatic nitrogens is 1. The van der Waals surface area contributed by atoms with E-state index in [4.69, 9.17) is 5.73 Å². The molecule has 0 aliphatic heterocycles. The Morgan fingerprint density at radius 2 is 2.06 bits per heavy atom. The minimum atomic E-state index is 0. The number of hydrogen-bond acceptors (Lipinski definition) is 1. The van der Waals surface area contributed by atoms with E-state index in [2.05, 4.69) is 48.7 Å². The van der Waals surface area contributed by atoms with Crippen LogP contribution in [0.4, 0.5) is 0 Å². The fourth-order valence-corrected chi connectivity index (χ4v) is 2.15. The molecular formula is C14H19ClN2. The van der Waals surface area contributed by atoms with Crippen molar-refractivity contribution in [2.24, 2.45) is 12.8 Å². The van der Waals surface area contributed by atoms with Gasteiger partial charge in [-0.1, -0.05) is 23.8 Å². The minimum Gasteiger partial charge on any atom is -0.350 e. The number of rotatable bonds is 3. The molecule has 2 rings (SSSR count). The zero-order chi connectivity index (χ0) is 11.7. The van der Waals surface area contributed by atoms with Gasteiger partial charge in [-0.15, -0.1) is 19.0 Å². The zero-order valence-electron chi connectivity index (χ0n) is 10.3. The molecule has 0 unspecified atom stereocenters. The van der Waals surface area contributed by atoms with Crippen LogP contribution in [0.3, 0.4) is 0 Å². The Labute approximate surface area is 109 Å². The third-order valence-electron chi connectivity index (χ3n) is 2.90. The summed E-state index contributed by atoms with van der Waals surface area (Å²) in [4.78, 5) is 0. The van der Waals surface area contributed by atoms with Gasteiger partial charge in [-0.3, -0.25) is 0 Å². The van der Waals surface area contributed by atoms with Crippen LogP contribution in [0.1, 0.15) is 24.9 Å². The van der Waals surface area contributed by atoms with Gasteiger partial charge in [0, 0.05) is 30.2 Å². The zero-order valence-corrected chi connectivity index (χ0v) is 11.1. The Morgan fingerprint density at radius 1 is 1.41 bits per heavy atom. The van der Waals surface area contributed by atoms with E-state index in [1.165, 1.54) is 16.5 Å². The highest BCUT2D eigenvalue weighted by Gasteiger charge is 2.12. The molecular weight excluding hydrogens is 232 g/mol. The van der Waals surface area contributed by atoms with Crippen molar-refractivity contribution in [3.8, 4) is 0 Å². The van der Waals surface area contributed by atoms with Crippen LogP contribution in [0.15, 0.2) is 42.6 Å². The summed E-state index contributed by atoms with van der Waals surface area (Å²) in [6.07, 6.45) is 2.96. The summed E-state index contributed by atoms with van der Waals surface area (Å²) >= 11 is 0. The van der Waals surface area contributed by atoms with Gasteiger partial charge >= 0.3 is 0 Å². The van der Waals surface area contributed by atoms with E-state index in [1.807, 2.05) is 6.92 Å². The van der Waals surface area contributed by atoms with Crippen LogP contribution >= 0.6 is 12.4 Å². The van der Waals surface area contributed by atoms with Crippen molar-refractivity contribution in [3.05, 3.63) is 48.2 Å². The molecule has 1 aromatic carbocycles. The molecule has 92 valence electrons. The highest BCUT2D eigenvalue weighted by atomic mass is 35.5. The predicted octanol–water partition coefficient (Wildman–Crippen LogP) is 3.57. The summed E-state index contributed by atoms with van der Waals surface area (Å²) in [6.45, 7) is 5.94. The Bertz CT molecular complexity index is 528. The van der Waals surface area contributed by atoms with Gasteiger partial charge in [-0.25, -0.2) is 0 Å². The largest absolute Gasteiger partial charge is 0.350 e. The molecule has 2 N–H and O–H groups in total. The van der Waals surface area contributed by atoms with Crippen LogP contribution in [-0.4, -0.2) is 4.57 Å². The van der Waals surface area contributed by atoms with Gasteiger partial charge in [-0.05, 0) is 25.0 Å². The molecule has 1 aromatic heterocycles. The van der Waals surface area contributed by atoms with Crippen molar-refractivity contribution in [2.75, 3.05) is 0 Å². The maximum Gasteiger partial charge on any atom is 0.0481 e. The molecule has 0 spiro atoms. The average Bonchev–Trinajstić information content (AvgIpc) is 2.56. The number of fused-ring (bicyclic) bond motifs is 1. The molecule has 2 aromatic rings. The van der Waals surface area contributed by atoms with E-state index in [0.29, 0.717) is 0 Å². The van der Waals surface area contributed by atoms with Crippen molar-refractivity contribution in [1.29, 1.82) is 0 Å². The first-order valence-electron chi connectivity index (χ1n) is 5.53. The van der Waals surface area contributed by atoms with E-state index >= 15 is 0 Å². The van der Waals surface area contributed by atoms with Crippen molar-refractivity contribution < 1.29 is 0 Å². The normalized spacial score (nSPS) is 12.2. The number of hydrogen-bond donors (Lipinski definition) is 1. The smallest absolute Gasteiger partial charge is 0.0481 e. The second kappa shape index (κ2) is 5.39. The van der Waals surface area contributed by atoms with Gasteiger partial charge < -0.3 is 10.3 Å². The summed E-state index contributed by atoms with van der Waals surface area (Å²) in [5, 5.41) is 1.25. The SMILES string of the molecule is C=C(C)C[C@@H](N)c1cn(C)c2ccccc12.Cl. The van der Waals surface area contributed by atoms with Crippen LogP contribution in [0, 0.1) is 0 Å². The van der Waals surface area contributed by atoms with E-state index in [9.17, 15) is 0 Å². The first kappa shape index (κ1) is 13.8. The molecule has 0 aliphatic carbocycles. The van der Waals surface area contributed by atoms with Crippen LogP contribution in [-0.2, 0) is 7.05 Å². The topological polar surface area (TPSA) is 30.9 Å². The molecule has 0 saturated carbocycles. The Hall–Kier alpha value is -1.25. The molecule has 1 atom stereocenters. The molecule has 1 heterocycles. The van der Waals surface area contributed by atoms with E-state index in [1.54, 1.807) is 0 Å². The lowest BCUT2D eigenvalue weighted by Gasteiger charge is -2.10. The summed E-state index contributed by atoms with van der Waals surface area (Å²) < 4.78 is 2.13. The van der Waals surface area contributed by atoms with Crippen LogP contribution in [0.5, 0.6) is 0 Å². The number of benzene rings is 1. The maximum atomic E-state index is 6.20. The van der Waals surface area contributed by atoms with Crippen molar-refractivity contribution >= 4 is 23.3 Å². The van der Waals surface area contributed by atoms with E-state index < -0.39 is 0 Å². The standard InChI is InChI=1S/C14H18N2.ClH/c1-10(2)8-13(15)12-9-16(3)14-7-5-4-6-11(12)14;/h4-7,9,13H,1,8,15H2,2-3H3;1H/t13-;/m1./s1. The van der Waals surface area contributed by atoms with Gasteiger partial charge in [0.2, 0.25) is 0 Å². The molecule has 0 saturated heterocycles. The first-order chi connectivity index (χ1) is 7.59. The predicted molar refractivity (Wildman–Crippen MR) is 76.5 cm³/mol. The number of nitrogens with two attached hydrogens (primary N) is 1. The molecule has 2 nitrogen and oxygen atoms in total. The lowest BCUT2D eigenvalue weighted by Crippen LogP contribution is -2.09. The fraction of sp³-hybridized carbons (Fsp3) is 0.286. The monoisotopic (exact) mass is 250 g/mol. The lowest BCUT2D eigenvalue weighted by atomic mass is 10.0. The van der Waals surface area contributed by atoms with Crippen molar-refractivity contribution in [2.45, 2.75) is 19.4 Å². The van der Waals surface area contributed by atoms with Gasteiger partial charge in [-0.2, -0.15) is 0 Å². The molecule has 0 radical (unpaired) electrons. The Kier molecular flexibility index (Phi) is 4.38. The fourth-order valence-electron chi connectivity index (χ4n) is 2.15. The van der Waals surface area contributed by atoms with E-state index in [0.717, 1.165) is 12.0 Å². The minimum absolute atomic E-state index is 0. The molecule has 0 bridgehead atoms. The van der Waals surface area contributed by atoms with Crippen LogP contribution < -0.4 is 5.73 Å². The Balaban J connectivity index is 0.00000144. The second-order valence-electron chi connectivity index (χ2n) is 4.48. The summed E-state index contributed by atoms with van der Waals surface area (Å²) in [5.74, 6) is 0. The summed E-state index contributed by atoms with van der Waals surface area (Å²) in [5.41, 5.74) is 9.77. The summed E-state index contributed by atoms with van der Waals surface area (Å²) in [7, 11) is 2.05. The highest BCUT2D eigenvalue weighted by molar-refractivity contribution is 5.85. The molecule has 0 fully saturated rings. The molecule has 3 heteroatoms. The van der Waals surface area contributed by atoms with Gasteiger partial charge in [0.15, 0.2) is 0 Å². The van der Waals surface area contributed by atoms with Gasteiger partial charge in [0.05, 0.1) is 0 Å². The lowest BCUT2D eigenvalue weighted by molar-refractivity contribution is 0.718. The van der Waals surface area contributed by atoms with Gasteiger partial charge in [0.1, 0.15) is 0 Å². The highest BCUT2D eigenvalue weighted by Crippen LogP contribution is 2.27. The summed E-state index contributed by atoms with van der Waals surface area (Å²) in [6, 6.07) is 8.40. The third kappa shape index (κ3) is 2.71. The third-order valence-corrected chi connectivity index (χ3v) is 2.90. The second-order valence-corrected chi connectivity index (χ2v) is 4.48. The molecule has 0 aliphatic rings.